The van der Waals surface area contributed by atoms with E-state index in [1.165, 1.54) is 7.11 Å². The number of aliphatic carboxylic acids is 1. The van der Waals surface area contributed by atoms with Gasteiger partial charge in [0.2, 0.25) is 0 Å². The van der Waals surface area contributed by atoms with Crippen molar-refractivity contribution >= 4 is 28.6 Å². The van der Waals surface area contributed by atoms with E-state index in [9.17, 15) is 14.7 Å². The van der Waals surface area contributed by atoms with Crippen LogP contribution in [0, 0.1) is 5.92 Å². The van der Waals surface area contributed by atoms with E-state index in [4.69, 9.17) is 4.74 Å². The van der Waals surface area contributed by atoms with Crippen molar-refractivity contribution in [1.29, 1.82) is 0 Å². The predicted molar refractivity (Wildman–Crippen MR) is 77.3 cm³/mol. The van der Waals surface area contributed by atoms with E-state index in [1.807, 2.05) is 13.8 Å². The summed E-state index contributed by atoms with van der Waals surface area (Å²) in [6.45, 7) is 7.47. The van der Waals surface area contributed by atoms with Crippen LogP contribution in [0.25, 0.3) is 0 Å². The summed E-state index contributed by atoms with van der Waals surface area (Å²) in [4.78, 5) is 24.6. The molecule has 0 bridgehead atoms. The maximum atomic E-state index is 12.0. The summed E-state index contributed by atoms with van der Waals surface area (Å²) >= 11 is 1.10. The SMILES string of the molecule is COC(=O)N(c1cc(C(C)C)ns1)[C@H](C(=O)O)C(C)C. The Kier molecular flexibility index (Phi) is 5.50. The molecule has 0 saturated heterocycles. The largest absolute Gasteiger partial charge is 0.480 e. The smallest absolute Gasteiger partial charge is 0.415 e. The molecule has 1 amide bonds. The highest BCUT2D eigenvalue weighted by molar-refractivity contribution is 7.10. The van der Waals surface area contributed by atoms with Crippen LogP contribution in [0.3, 0.4) is 0 Å². The quantitative estimate of drug-likeness (QED) is 0.904. The summed E-state index contributed by atoms with van der Waals surface area (Å²) < 4.78 is 8.97. The molecule has 0 unspecified atom stereocenters. The Balaban J connectivity index is 3.23. The number of anilines is 1. The number of rotatable bonds is 5. The Bertz CT molecular complexity index is 484. The van der Waals surface area contributed by atoms with Crippen LogP contribution < -0.4 is 4.90 Å². The van der Waals surface area contributed by atoms with Crippen molar-refractivity contribution in [1.82, 2.24) is 4.37 Å². The second kappa shape index (κ2) is 6.69. The highest BCUT2D eigenvalue weighted by Crippen LogP contribution is 2.29. The average molecular weight is 300 g/mol. The summed E-state index contributed by atoms with van der Waals surface area (Å²) in [5.41, 5.74) is 0.826. The molecule has 0 radical (unpaired) electrons. The highest BCUT2D eigenvalue weighted by Gasteiger charge is 2.35. The van der Waals surface area contributed by atoms with Gasteiger partial charge in [-0.1, -0.05) is 27.7 Å². The molecular weight excluding hydrogens is 280 g/mol. The number of nitrogens with zero attached hydrogens (tertiary/aromatic N) is 2. The molecule has 0 aliphatic heterocycles. The second-order valence-electron chi connectivity index (χ2n) is 5.11. The first-order valence-electron chi connectivity index (χ1n) is 6.36. The van der Waals surface area contributed by atoms with Gasteiger partial charge in [-0.15, -0.1) is 0 Å². The van der Waals surface area contributed by atoms with Crippen LogP contribution in [0.2, 0.25) is 0 Å². The molecule has 1 rings (SSSR count). The number of carbonyl (C=O) groups excluding carboxylic acids is 1. The number of hydrogen-bond donors (Lipinski definition) is 1. The van der Waals surface area contributed by atoms with E-state index in [-0.39, 0.29) is 11.8 Å². The Labute approximate surface area is 122 Å². The molecule has 0 aliphatic rings. The van der Waals surface area contributed by atoms with Crippen LogP contribution >= 0.6 is 11.5 Å². The minimum absolute atomic E-state index is 0.210. The minimum Gasteiger partial charge on any atom is -0.480 e. The van der Waals surface area contributed by atoms with Gasteiger partial charge in [0, 0.05) is 0 Å². The maximum Gasteiger partial charge on any atom is 0.415 e. The van der Waals surface area contributed by atoms with Crippen molar-refractivity contribution in [3.63, 3.8) is 0 Å². The van der Waals surface area contributed by atoms with Gasteiger partial charge in [-0.25, -0.2) is 9.59 Å². The van der Waals surface area contributed by atoms with Gasteiger partial charge in [-0.05, 0) is 29.4 Å². The van der Waals surface area contributed by atoms with Crippen molar-refractivity contribution in [2.45, 2.75) is 39.7 Å². The van der Waals surface area contributed by atoms with E-state index >= 15 is 0 Å². The van der Waals surface area contributed by atoms with Crippen molar-refractivity contribution in [3.05, 3.63) is 11.8 Å². The zero-order valence-corrected chi connectivity index (χ0v) is 13.1. The molecule has 1 aromatic rings. The Morgan fingerprint density at radius 3 is 2.30 bits per heavy atom. The van der Waals surface area contributed by atoms with Crippen molar-refractivity contribution in [2.24, 2.45) is 5.92 Å². The molecule has 1 N–H and O–H groups in total. The number of carbonyl (C=O) groups is 2. The predicted octanol–water partition coefficient (Wildman–Crippen LogP) is 2.95. The molecule has 1 atom stereocenters. The molecule has 6 nitrogen and oxygen atoms in total. The lowest BCUT2D eigenvalue weighted by molar-refractivity contribution is -0.139. The first-order chi connectivity index (χ1) is 9.29. The van der Waals surface area contributed by atoms with Gasteiger partial charge in [0.1, 0.15) is 11.0 Å². The number of carboxylic acid groups (broad SMARTS) is 1. The molecule has 20 heavy (non-hydrogen) atoms. The first kappa shape index (κ1) is 16.4. The van der Waals surface area contributed by atoms with Crippen LogP contribution in [0.1, 0.15) is 39.3 Å². The molecule has 0 fully saturated rings. The van der Waals surface area contributed by atoms with Crippen molar-refractivity contribution in [2.75, 3.05) is 12.0 Å². The molecule has 0 aliphatic carbocycles. The van der Waals surface area contributed by atoms with Crippen molar-refractivity contribution in [3.8, 4) is 0 Å². The summed E-state index contributed by atoms with van der Waals surface area (Å²) in [6.07, 6.45) is -0.690. The normalized spacial score (nSPS) is 12.6. The van der Waals surface area contributed by atoms with Crippen LogP contribution in [-0.2, 0) is 9.53 Å². The first-order valence-corrected chi connectivity index (χ1v) is 7.13. The number of amides is 1. The van der Waals surface area contributed by atoms with Crippen molar-refractivity contribution < 1.29 is 19.4 Å². The second-order valence-corrected chi connectivity index (χ2v) is 5.90. The zero-order chi connectivity index (χ0) is 15.4. The average Bonchev–Trinajstić information content (AvgIpc) is 2.83. The van der Waals surface area contributed by atoms with Crippen LogP contribution in [0.4, 0.5) is 9.80 Å². The lowest BCUT2D eigenvalue weighted by atomic mass is 10.0. The Hall–Kier alpha value is -1.63. The standard InChI is InChI=1S/C13H20N2O4S/c1-7(2)9-6-10(20-14-9)15(13(18)19-5)11(8(3)4)12(16)17/h6-8,11H,1-5H3,(H,16,17)/t11-/m0/s1. The third-order valence-electron chi connectivity index (χ3n) is 2.88. The van der Waals surface area contributed by atoms with Gasteiger partial charge in [0.05, 0.1) is 12.8 Å². The molecular formula is C13H20N2O4S. The van der Waals surface area contributed by atoms with E-state index in [0.717, 1.165) is 22.1 Å². The fourth-order valence-electron chi connectivity index (χ4n) is 1.80. The Morgan fingerprint density at radius 2 is 1.95 bits per heavy atom. The fourth-order valence-corrected chi connectivity index (χ4v) is 2.71. The van der Waals surface area contributed by atoms with Crippen LogP contribution in [0.15, 0.2) is 6.07 Å². The Morgan fingerprint density at radius 1 is 1.35 bits per heavy atom. The van der Waals surface area contributed by atoms with Gasteiger partial charge in [-0.2, -0.15) is 4.37 Å². The van der Waals surface area contributed by atoms with Gasteiger partial charge in [0.15, 0.2) is 0 Å². The summed E-state index contributed by atoms with van der Waals surface area (Å²) in [7, 11) is 1.24. The molecule has 7 heteroatoms. The number of hydrogen-bond acceptors (Lipinski definition) is 5. The number of carboxylic acids is 1. The summed E-state index contributed by atoms with van der Waals surface area (Å²) in [5, 5.41) is 9.86. The molecule has 1 heterocycles. The molecule has 0 saturated carbocycles. The third-order valence-corrected chi connectivity index (χ3v) is 3.68. The van der Waals surface area contributed by atoms with Gasteiger partial charge >= 0.3 is 12.1 Å². The van der Waals surface area contributed by atoms with Crippen LogP contribution in [-0.4, -0.2) is 34.7 Å². The third kappa shape index (κ3) is 3.47. The maximum absolute atomic E-state index is 12.0. The van der Waals surface area contributed by atoms with Gasteiger partial charge < -0.3 is 9.84 Å². The van der Waals surface area contributed by atoms with E-state index in [2.05, 4.69) is 4.37 Å². The molecule has 0 spiro atoms. The van der Waals surface area contributed by atoms with E-state index < -0.39 is 18.1 Å². The fraction of sp³-hybridized carbons (Fsp3) is 0.615. The number of methoxy groups -OCH3 is 1. The highest BCUT2D eigenvalue weighted by atomic mass is 32.1. The van der Waals surface area contributed by atoms with Gasteiger partial charge in [0.25, 0.3) is 0 Å². The van der Waals surface area contributed by atoms with Crippen LogP contribution in [0.5, 0.6) is 0 Å². The minimum atomic E-state index is -1.06. The van der Waals surface area contributed by atoms with Gasteiger partial charge in [-0.3, -0.25) is 4.90 Å². The van der Waals surface area contributed by atoms with E-state index in [1.54, 1.807) is 19.9 Å². The number of aromatic nitrogens is 1. The summed E-state index contributed by atoms with van der Waals surface area (Å²) in [6, 6.07) is 0.757. The topological polar surface area (TPSA) is 79.7 Å². The number of ether oxygens (including phenoxy) is 1. The molecule has 0 aromatic carbocycles. The molecule has 112 valence electrons. The zero-order valence-electron chi connectivity index (χ0n) is 12.3. The lowest BCUT2D eigenvalue weighted by Crippen LogP contribution is -2.48. The van der Waals surface area contributed by atoms with E-state index in [0.29, 0.717) is 5.00 Å². The lowest BCUT2D eigenvalue weighted by Gasteiger charge is -2.28. The monoisotopic (exact) mass is 300 g/mol. The molecule has 1 aromatic heterocycles. The summed E-state index contributed by atoms with van der Waals surface area (Å²) in [5.74, 6) is -1.11.